The monoisotopic (exact) mass is 461 g/mol. The summed E-state index contributed by atoms with van der Waals surface area (Å²) in [5, 5.41) is 2.16. The van der Waals surface area contributed by atoms with Crippen molar-refractivity contribution < 1.29 is 57.1 Å². The van der Waals surface area contributed by atoms with Gasteiger partial charge in [0.1, 0.15) is 0 Å². The second-order valence-electron chi connectivity index (χ2n) is 6.41. The number of hydrogen-bond acceptors (Lipinski definition) is 1. The molecule has 0 unspecified atom stereocenters. The maximum atomic E-state index is 13.5. The Kier molecular flexibility index (Phi) is 9.15. The van der Waals surface area contributed by atoms with Crippen molar-refractivity contribution in [2.75, 3.05) is 13.1 Å². The van der Waals surface area contributed by atoms with Gasteiger partial charge in [0.05, 0.1) is 0 Å². The van der Waals surface area contributed by atoms with E-state index in [4.69, 9.17) is 0 Å². The van der Waals surface area contributed by atoms with Crippen LogP contribution in [0.3, 0.4) is 0 Å². The number of alkyl halides is 13. The molecule has 0 heterocycles. The summed E-state index contributed by atoms with van der Waals surface area (Å²) >= 11 is 0. The summed E-state index contributed by atoms with van der Waals surface area (Å²) in [6.07, 6.45) is -6.01. The normalized spacial score (nSPS) is 15.1. The standard InChI is InChI=1S/C15H20F13N/c1-2-3-4-5-6-8-29-9-7-10(16,17)11(18,19)12(20,21)13(22,23)14(24,25)15(26,27)28/h29H,2-9H2,1H3. The molecule has 0 atom stereocenters. The van der Waals surface area contributed by atoms with Crippen molar-refractivity contribution in [3.63, 3.8) is 0 Å². The van der Waals surface area contributed by atoms with Gasteiger partial charge < -0.3 is 5.32 Å². The summed E-state index contributed by atoms with van der Waals surface area (Å²) in [4.78, 5) is 0. The minimum Gasteiger partial charge on any atom is -0.317 e. The van der Waals surface area contributed by atoms with Gasteiger partial charge in [-0.25, -0.2) is 0 Å². The Bertz CT molecular complexity index is 499. The molecule has 0 rings (SSSR count). The fourth-order valence-electron chi connectivity index (χ4n) is 2.18. The van der Waals surface area contributed by atoms with Crippen LogP contribution in [0.15, 0.2) is 0 Å². The summed E-state index contributed by atoms with van der Waals surface area (Å²) in [5.41, 5.74) is 0. The van der Waals surface area contributed by atoms with E-state index in [-0.39, 0.29) is 6.54 Å². The third-order valence-corrected chi connectivity index (χ3v) is 4.07. The van der Waals surface area contributed by atoms with E-state index in [1.54, 1.807) is 0 Å². The Morgan fingerprint density at radius 3 is 1.41 bits per heavy atom. The molecule has 0 aromatic heterocycles. The molecule has 29 heavy (non-hydrogen) atoms. The lowest BCUT2D eigenvalue weighted by atomic mass is 9.92. The zero-order valence-corrected chi connectivity index (χ0v) is 15.1. The maximum Gasteiger partial charge on any atom is 0.460 e. The van der Waals surface area contributed by atoms with Crippen molar-refractivity contribution in [2.24, 2.45) is 0 Å². The molecule has 1 N–H and O–H groups in total. The Hall–Kier alpha value is -0.950. The Morgan fingerprint density at radius 2 is 0.966 bits per heavy atom. The molecule has 176 valence electrons. The van der Waals surface area contributed by atoms with E-state index in [1.165, 1.54) is 0 Å². The van der Waals surface area contributed by atoms with Gasteiger partial charge in [-0.2, -0.15) is 57.1 Å². The molecule has 0 aliphatic carbocycles. The van der Waals surface area contributed by atoms with Crippen LogP contribution in [0.2, 0.25) is 0 Å². The molecule has 0 aromatic rings. The Labute approximate surface area is 158 Å². The molecule has 0 spiro atoms. The van der Waals surface area contributed by atoms with Gasteiger partial charge in [0, 0.05) is 13.0 Å². The van der Waals surface area contributed by atoms with Crippen LogP contribution in [0.25, 0.3) is 0 Å². The van der Waals surface area contributed by atoms with Crippen molar-refractivity contribution >= 4 is 0 Å². The Balaban J connectivity index is 5.21. The quantitative estimate of drug-likeness (QED) is 0.239. The van der Waals surface area contributed by atoms with Crippen LogP contribution >= 0.6 is 0 Å². The molecule has 1 nitrogen and oxygen atoms in total. The second-order valence-corrected chi connectivity index (χ2v) is 6.41. The molecule has 0 saturated carbocycles. The van der Waals surface area contributed by atoms with Gasteiger partial charge in [0.25, 0.3) is 0 Å². The van der Waals surface area contributed by atoms with Crippen molar-refractivity contribution in [1.29, 1.82) is 0 Å². The largest absolute Gasteiger partial charge is 0.460 e. The molecule has 0 saturated heterocycles. The number of halogens is 13. The number of hydrogen-bond donors (Lipinski definition) is 1. The van der Waals surface area contributed by atoms with E-state index in [9.17, 15) is 57.1 Å². The van der Waals surface area contributed by atoms with E-state index in [0.717, 1.165) is 19.3 Å². The summed E-state index contributed by atoms with van der Waals surface area (Å²) in [5.74, 6) is -36.4. The van der Waals surface area contributed by atoms with Gasteiger partial charge in [-0.05, 0) is 13.0 Å². The lowest BCUT2D eigenvalue weighted by Gasteiger charge is -2.39. The maximum absolute atomic E-state index is 13.5. The van der Waals surface area contributed by atoms with E-state index in [1.807, 2.05) is 6.92 Å². The zero-order chi connectivity index (χ0) is 23.4. The minimum absolute atomic E-state index is 0.00986. The number of unbranched alkanes of at least 4 members (excludes halogenated alkanes) is 4. The smallest absolute Gasteiger partial charge is 0.317 e. The summed E-state index contributed by atoms with van der Waals surface area (Å²) in [7, 11) is 0. The van der Waals surface area contributed by atoms with Crippen LogP contribution in [0.4, 0.5) is 57.1 Å². The fourth-order valence-corrected chi connectivity index (χ4v) is 2.18. The van der Waals surface area contributed by atoms with E-state index in [0.29, 0.717) is 12.8 Å². The average Bonchev–Trinajstić information content (AvgIpc) is 2.55. The van der Waals surface area contributed by atoms with Gasteiger partial charge in [-0.3, -0.25) is 0 Å². The highest BCUT2D eigenvalue weighted by molar-refractivity contribution is 5.10. The van der Waals surface area contributed by atoms with Gasteiger partial charge in [-0.1, -0.05) is 32.6 Å². The van der Waals surface area contributed by atoms with Gasteiger partial charge in [0.15, 0.2) is 0 Å². The van der Waals surface area contributed by atoms with Crippen LogP contribution < -0.4 is 5.32 Å². The summed E-state index contributed by atoms with van der Waals surface area (Å²) in [6, 6.07) is 0. The topological polar surface area (TPSA) is 12.0 Å². The molecule has 0 fully saturated rings. The van der Waals surface area contributed by atoms with Crippen LogP contribution in [0.5, 0.6) is 0 Å². The minimum atomic E-state index is -7.84. The van der Waals surface area contributed by atoms with E-state index < -0.39 is 48.8 Å². The lowest BCUT2D eigenvalue weighted by Crippen LogP contribution is -2.70. The fraction of sp³-hybridized carbons (Fsp3) is 1.00. The third kappa shape index (κ3) is 5.60. The van der Waals surface area contributed by atoms with Crippen molar-refractivity contribution in [3.8, 4) is 0 Å². The first-order chi connectivity index (χ1) is 12.8. The van der Waals surface area contributed by atoms with Crippen molar-refractivity contribution in [1.82, 2.24) is 5.32 Å². The predicted octanol–water partition coefficient (Wildman–Crippen LogP) is 6.68. The van der Waals surface area contributed by atoms with Crippen LogP contribution in [0, 0.1) is 0 Å². The molecule has 0 aromatic carbocycles. The number of nitrogens with one attached hydrogen (secondary N) is 1. The van der Waals surface area contributed by atoms with E-state index >= 15 is 0 Å². The van der Waals surface area contributed by atoms with Crippen LogP contribution in [-0.2, 0) is 0 Å². The SMILES string of the molecule is CCCCCCCNCCC(F)(F)C(F)(F)C(F)(F)C(F)(F)C(F)(F)C(F)(F)F. The highest BCUT2D eigenvalue weighted by atomic mass is 19.4. The highest BCUT2D eigenvalue weighted by Gasteiger charge is 2.90. The molecule has 0 amide bonds. The van der Waals surface area contributed by atoms with Gasteiger partial charge in [-0.15, -0.1) is 0 Å². The number of rotatable bonds is 13. The molecule has 0 aliphatic heterocycles. The van der Waals surface area contributed by atoms with Crippen LogP contribution in [-0.4, -0.2) is 48.9 Å². The third-order valence-electron chi connectivity index (χ3n) is 4.07. The average molecular weight is 461 g/mol. The zero-order valence-electron chi connectivity index (χ0n) is 15.1. The van der Waals surface area contributed by atoms with E-state index in [2.05, 4.69) is 5.32 Å². The molecule has 0 bridgehead atoms. The lowest BCUT2D eigenvalue weighted by molar-refractivity contribution is -0.440. The van der Waals surface area contributed by atoms with Crippen molar-refractivity contribution in [3.05, 3.63) is 0 Å². The molecular formula is C15H20F13N. The summed E-state index contributed by atoms with van der Waals surface area (Å²) in [6.45, 7) is 0.808. The molecule has 0 aliphatic rings. The Morgan fingerprint density at radius 1 is 0.517 bits per heavy atom. The summed E-state index contributed by atoms with van der Waals surface area (Å²) < 4.78 is 167. The van der Waals surface area contributed by atoms with Gasteiger partial charge >= 0.3 is 35.8 Å². The second kappa shape index (κ2) is 9.46. The predicted molar refractivity (Wildman–Crippen MR) is 77.0 cm³/mol. The molecular weight excluding hydrogens is 441 g/mol. The molecule has 0 radical (unpaired) electrons. The van der Waals surface area contributed by atoms with Crippen LogP contribution in [0.1, 0.15) is 45.4 Å². The first-order valence-electron chi connectivity index (χ1n) is 8.47. The van der Waals surface area contributed by atoms with Gasteiger partial charge in [0.2, 0.25) is 0 Å². The first-order valence-corrected chi connectivity index (χ1v) is 8.47. The van der Waals surface area contributed by atoms with Crippen molar-refractivity contribution in [2.45, 2.75) is 81.2 Å². The first kappa shape index (κ1) is 28.1. The molecule has 14 heteroatoms. The highest BCUT2D eigenvalue weighted by Crippen LogP contribution is 2.60.